The zero-order chi connectivity index (χ0) is 13.7. The number of thiophene rings is 1. The third-order valence-electron chi connectivity index (χ3n) is 2.40. The van der Waals surface area contributed by atoms with E-state index in [0.717, 1.165) is 14.9 Å². The van der Waals surface area contributed by atoms with E-state index in [2.05, 4.69) is 21.2 Å². The number of carbonyl (C=O) groups excluding carboxylic acids is 1. The van der Waals surface area contributed by atoms with Crippen molar-refractivity contribution in [3.8, 4) is 0 Å². The van der Waals surface area contributed by atoms with Gasteiger partial charge in [-0.2, -0.15) is 0 Å². The highest BCUT2D eigenvalue weighted by molar-refractivity contribution is 9.10. The lowest BCUT2D eigenvalue weighted by Crippen LogP contribution is -2.19. The molecule has 1 amide bonds. The van der Waals surface area contributed by atoms with Crippen LogP contribution in [-0.4, -0.2) is 5.91 Å². The summed E-state index contributed by atoms with van der Waals surface area (Å²) < 4.78 is 1.04. The van der Waals surface area contributed by atoms with Gasteiger partial charge in [-0.3, -0.25) is 4.79 Å². The quantitative estimate of drug-likeness (QED) is 0.663. The van der Waals surface area contributed by atoms with Gasteiger partial charge in [0.25, 0.3) is 0 Å². The first kappa shape index (κ1) is 13.8. The topological polar surface area (TPSA) is 55.1 Å². The van der Waals surface area contributed by atoms with E-state index in [-0.39, 0.29) is 5.91 Å². The molecule has 0 aliphatic carbocycles. The van der Waals surface area contributed by atoms with E-state index in [1.807, 2.05) is 35.7 Å². The van der Waals surface area contributed by atoms with E-state index in [0.29, 0.717) is 12.2 Å². The van der Waals surface area contributed by atoms with E-state index in [1.54, 1.807) is 17.4 Å². The SMILES string of the molecule is Nc1cccc(/C=C/C(=O)NCc2cc(Br)cs2)c1. The van der Waals surface area contributed by atoms with Crippen LogP contribution in [0.15, 0.2) is 46.3 Å². The van der Waals surface area contributed by atoms with Crippen LogP contribution in [0.25, 0.3) is 6.08 Å². The van der Waals surface area contributed by atoms with E-state index in [4.69, 9.17) is 5.73 Å². The van der Waals surface area contributed by atoms with Crippen LogP contribution < -0.4 is 11.1 Å². The fourth-order valence-electron chi connectivity index (χ4n) is 1.51. The first-order valence-corrected chi connectivity index (χ1v) is 7.35. The molecule has 0 fully saturated rings. The van der Waals surface area contributed by atoms with Crippen molar-refractivity contribution in [1.82, 2.24) is 5.32 Å². The molecule has 3 N–H and O–H groups in total. The lowest BCUT2D eigenvalue weighted by Gasteiger charge is -1.99. The molecule has 0 bridgehead atoms. The summed E-state index contributed by atoms with van der Waals surface area (Å²) in [5.74, 6) is -0.119. The Bertz CT molecular complexity index is 607. The van der Waals surface area contributed by atoms with Crippen molar-refractivity contribution in [2.24, 2.45) is 0 Å². The number of rotatable bonds is 4. The number of hydrogen-bond donors (Lipinski definition) is 2. The van der Waals surface area contributed by atoms with Gasteiger partial charge in [-0.15, -0.1) is 11.3 Å². The molecule has 5 heteroatoms. The number of benzene rings is 1. The van der Waals surface area contributed by atoms with Gasteiger partial charge in [-0.25, -0.2) is 0 Å². The van der Waals surface area contributed by atoms with Gasteiger partial charge in [-0.1, -0.05) is 12.1 Å². The number of amides is 1. The lowest BCUT2D eigenvalue weighted by atomic mass is 10.2. The van der Waals surface area contributed by atoms with Gasteiger partial charge in [0.05, 0.1) is 6.54 Å². The van der Waals surface area contributed by atoms with Crippen molar-refractivity contribution >= 4 is 44.9 Å². The molecule has 98 valence electrons. The Hall–Kier alpha value is -1.59. The highest BCUT2D eigenvalue weighted by Gasteiger charge is 1.99. The molecule has 0 aliphatic rings. The summed E-state index contributed by atoms with van der Waals surface area (Å²) >= 11 is 4.98. The van der Waals surface area contributed by atoms with Crippen molar-refractivity contribution in [1.29, 1.82) is 0 Å². The minimum atomic E-state index is -0.119. The molecule has 1 aromatic carbocycles. The van der Waals surface area contributed by atoms with Crippen LogP contribution >= 0.6 is 27.3 Å². The number of hydrogen-bond acceptors (Lipinski definition) is 3. The lowest BCUT2D eigenvalue weighted by molar-refractivity contribution is -0.116. The van der Waals surface area contributed by atoms with Crippen molar-refractivity contribution < 1.29 is 4.79 Å². The summed E-state index contributed by atoms with van der Waals surface area (Å²) in [7, 11) is 0. The van der Waals surface area contributed by atoms with Gasteiger partial charge < -0.3 is 11.1 Å². The molecular weight excluding hydrogens is 324 g/mol. The highest BCUT2D eigenvalue weighted by atomic mass is 79.9. The second-order valence-electron chi connectivity index (χ2n) is 3.95. The van der Waals surface area contributed by atoms with E-state index in [1.165, 1.54) is 6.08 Å². The largest absolute Gasteiger partial charge is 0.399 e. The van der Waals surface area contributed by atoms with Crippen LogP contribution in [0.1, 0.15) is 10.4 Å². The molecule has 19 heavy (non-hydrogen) atoms. The molecule has 1 heterocycles. The maximum Gasteiger partial charge on any atom is 0.244 e. The van der Waals surface area contributed by atoms with Crippen molar-refractivity contribution in [2.75, 3.05) is 5.73 Å². The monoisotopic (exact) mass is 336 g/mol. The van der Waals surface area contributed by atoms with E-state index in [9.17, 15) is 4.79 Å². The Kier molecular flexibility index (Phi) is 4.76. The highest BCUT2D eigenvalue weighted by Crippen LogP contribution is 2.19. The molecular formula is C14H13BrN2OS. The van der Waals surface area contributed by atoms with Crippen LogP contribution in [-0.2, 0) is 11.3 Å². The van der Waals surface area contributed by atoms with Crippen molar-refractivity contribution in [2.45, 2.75) is 6.54 Å². The number of nitrogen functional groups attached to an aromatic ring is 1. The minimum absolute atomic E-state index is 0.119. The average Bonchev–Trinajstić information content (AvgIpc) is 2.80. The van der Waals surface area contributed by atoms with Gasteiger partial charge >= 0.3 is 0 Å². The molecule has 0 aliphatic heterocycles. The van der Waals surface area contributed by atoms with Crippen LogP contribution in [0.3, 0.4) is 0 Å². The maximum absolute atomic E-state index is 11.6. The molecule has 1 aromatic heterocycles. The number of anilines is 1. The van der Waals surface area contributed by atoms with Crippen molar-refractivity contribution in [3.63, 3.8) is 0 Å². The summed E-state index contributed by atoms with van der Waals surface area (Å²) in [6.07, 6.45) is 3.26. The second kappa shape index (κ2) is 6.54. The van der Waals surface area contributed by atoms with E-state index >= 15 is 0 Å². The summed E-state index contributed by atoms with van der Waals surface area (Å²) in [6, 6.07) is 9.38. The molecule has 2 rings (SSSR count). The van der Waals surface area contributed by atoms with Gasteiger partial charge in [-0.05, 0) is 45.8 Å². The normalized spacial score (nSPS) is 10.8. The number of halogens is 1. The number of carbonyl (C=O) groups is 1. The molecule has 0 unspecified atom stereocenters. The Balaban J connectivity index is 1.87. The molecule has 0 radical (unpaired) electrons. The fourth-order valence-corrected chi connectivity index (χ4v) is 2.90. The Labute approximate surface area is 124 Å². The summed E-state index contributed by atoms with van der Waals surface area (Å²) in [6.45, 7) is 0.538. The molecule has 2 aromatic rings. The molecule has 0 atom stereocenters. The standard InChI is InChI=1S/C14H13BrN2OS/c15-11-7-13(19-9-11)8-17-14(18)5-4-10-2-1-3-12(16)6-10/h1-7,9H,8,16H2,(H,17,18)/b5-4+. The maximum atomic E-state index is 11.6. The predicted molar refractivity (Wildman–Crippen MR) is 83.8 cm³/mol. The molecule has 3 nitrogen and oxygen atoms in total. The average molecular weight is 337 g/mol. The van der Waals surface area contributed by atoms with Crippen LogP contribution in [0.5, 0.6) is 0 Å². The van der Waals surface area contributed by atoms with Gasteiger partial charge in [0.15, 0.2) is 0 Å². The third-order valence-corrected chi connectivity index (χ3v) is 4.09. The van der Waals surface area contributed by atoms with E-state index < -0.39 is 0 Å². The van der Waals surface area contributed by atoms with Gasteiger partial charge in [0, 0.05) is 26.5 Å². The predicted octanol–water partition coefficient (Wildman–Crippen LogP) is 3.42. The molecule has 0 saturated heterocycles. The van der Waals surface area contributed by atoms with Gasteiger partial charge in [0.2, 0.25) is 5.91 Å². The Morgan fingerprint density at radius 3 is 2.95 bits per heavy atom. The Morgan fingerprint density at radius 2 is 2.26 bits per heavy atom. The fraction of sp³-hybridized carbons (Fsp3) is 0.0714. The molecule has 0 saturated carbocycles. The number of nitrogens with one attached hydrogen (secondary N) is 1. The van der Waals surface area contributed by atoms with Crippen LogP contribution in [0.4, 0.5) is 5.69 Å². The number of nitrogens with two attached hydrogens (primary N) is 1. The first-order chi connectivity index (χ1) is 9.13. The second-order valence-corrected chi connectivity index (χ2v) is 5.86. The minimum Gasteiger partial charge on any atom is -0.399 e. The van der Waals surface area contributed by atoms with Crippen LogP contribution in [0, 0.1) is 0 Å². The summed E-state index contributed by atoms with van der Waals surface area (Å²) in [5, 5.41) is 4.82. The Morgan fingerprint density at radius 1 is 1.42 bits per heavy atom. The summed E-state index contributed by atoms with van der Waals surface area (Å²) in [4.78, 5) is 12.8. The summed E-state index contributed by atoms with van der Waals surface area (Å²) in [5.41, 5.74) is 7.26. The first-order valence-electron chi connectivity index (χ1n) is 5.68. The van der Waals surface area contributed by atoms with Crippen LogP contribution in [0.2, 0.25) is 0 Å². The zero-order valence-electron chi connectivity index (χ0n) is 10.1. The smallest absolute Gasteiger partial charge is 0.244 e. The third kappa shape index (κ3) is 4.54. The van der Waals surface area contributed by atoms with Crippen molar-refractivity contribution in [3.05, 3.63) is 56.7 Å². The van der Waals surface area contributed by atoms with Gasteiger partial charge in [0.1, 0.15) is 0 Å². The zero-order valence-corrected chi connectivity index (χ0v) is 12.5. The molecule has 0 spiro atoms.